The fourth-order valence-electron chi connectivity index (χ4n) is 1.24. The molecule has 0 fully saturated rings. The summed E-state index contributed by atoms with van der Waals surface area (Å²) >= 11 is 0. The third kappa shape index (κ3) is 3.07. The van der Waals surface area contributed by atoms with E-state index < -0.39 is 5.97 Å². The van der Waals surface area contributed by atoms with Gasteiger partial charge in [-0.25, -0.2) is 4.79 Å². The molecule has 90 valence electrons. The third-order valence-electron chi connectivity index (χ3n) is 2.11. The predicted molar refractivity (Wildman–Crippen MR) is 61.1 cm³/mol. The Morgan fingerprint density at radius 1 is 1.29 bits per heavy atom. The molecule has 5 nitrogen and oxygen atoms in total. The molecule has 1 rings (SSSR count). The first-order valence-electron chi connectivity index (χ1n) is 4.74. The molecule has 0 aromatic heterocycles. The normalized spacial score (nSPS) is 10.2. The van der Waals surface area contributed by atoms with Crippen LogP contribution in [0.15, 0.2) is 18.2 Å². The maximum Gasteiger partial charge on any atom is 0.330 e. The van der Waals surface area contributed by atoms with E-state index in [9.17, 15) is 14.7 Å². The van der Waals surface area contributed by atoms with Crippen LogP contribution < -0.4 is 4.74 Å². The number of benzene rings is 1. The van der Waals surface area contributed by atoms with Crippen molar-refractivity contribution >= 4 is 18.3 Å². The predicted octanol–water partition coefficient (Wildman–Crippen LogP) is 1.40. The van der Waals surface area contributed by atoms with Crippen LogP contribution in [-0.2, 0) is 9.53 Å². The Kier molecular flexibility index (Phi) is 4.28. The lowest BCUT2D eigenvalue weighted by atomic mass is 10.1. The third-order valence-corrected chi connectivity index (χ3v) is 2.11. The molecule has 0 bridgehead atoms. The minimum atomic E-state index is -0.533. The average Bonchev–Trinajstić information content (AvgIpc) is 2.36. The Balaban J connectivity index is 3.17. The van der Waals surface area contributed by atoms with Gasteiger partial charge in [0.15, 0.2) is 17.8 Å². The molecule has 1 aromatic carbocycles. The average molecular weight is 236 g/mol. The molecular formula is C12H12O5. The van der Waals surface area contributed by atoms with Crippen LogP contribution in [0, 0.1) is 0 Å². The highest BCUT2D eigenvalue weighted by Crippen LogP contribution is 2.29. The quantitative estimate of drug-likeness (QED) is 0.486. The van der Waals surface area contributed by atoms with Crippen LogP contribution in [0.25, 0.3) is 6.08 Å². The van der Waals surface area contributed by atoms with Crippen LogP contribution in [0.1, 0.15) is 15.9 Å². The van der Waals surface area contributed by atoms with Crippen molar-refractivity contribution in [1.82, 2.24) is 0 Å². The van der Waals surface area contributed by atoms with Gasteiger partial charge in [0.25, 0.3) is 0 Å². The molecule has 0 saturated heterocycles. The molecule has 17 heavy (non-hydrogen) atoms. The van der Waals surface area contributed by atoms with Crippen LogP contribution >= 0.6 is 0 Å². The number of hydrogen-bond acceptors (Lipinski definition) is 5. The summed E-state index contributed by atoms with van der Waals surface area (Å²) in [6, 6.07) is 2.72. The van der Waals surface area contributed by atoms with E-state index in [0.717, 1.165) is 0 Å². The Labute approximate surface area is 98.3 Å². The van der Waals surface area contributed by atoms with Crippen LogP contribution in [0.5, 0.6) is 11.5 Å². The summed E-state index contributed by atoms with van der Waals surface area (Å²) in [5.74, 6) is -0.446. The fraction of sp³-hybridized carbons (Fsp3) is 0.167. The molecule has 0 amide bonds. The van der Waals surface area contributed by atoms with Crippen molar-refractivity contribution in [1.29, 1.82) is 0 Å². The fourth-order valence-corrected chi connectivity index (χ4v) is 1.24. The summed E-state index contributed by atoms with van der Waals surface area (Å²) in [5.41, 5.74) is 0.712. The zero-order valence-corrected chi connectivity index (χ0v) is 9.47. The first kappa shape index (κ1) is 12.8. The number of aromatic hydroxyl groups is 1. The molecule has 0 atom stereocenters. The molecule has 0 radical (unpaired) electrons. The van der Waals surface area contributed by atoms with Gasteiger partial charge in [0.2, 0.25) is 0 Å². The van der Waals surface area contributed by atoms with Crippen LogP contribution in [0.3, 0.4) is 0 Å². The van der Waals surface area contributed by atoms with Crippen molar-refractivity contribution in [3.8, 4) is 11.5 Å². The van der Waals surface area contributed by atoms with Crippen LogP contribution in [-0.4, -0.2) is 31.6 Å². The first-order chi connectivity index (χ1) is 8.12. The van der Waals surface area contributed by atoms with E-state index in [1.165, 1.54) is 38.5 Å². The van der Waals surface area contributed by atoms with Gasteiger partial charge < -0.3 is 14.6 Å². The van der Waals surface area contributed by atoms with Gasteiger partial charge in [0.1, 0.15) is 0 Å². The first-order valence-corrected chi connectivity index (χ1v) is 4.74. The lowest BCUT2D eigenvalue weighted by Gasteiger charge is -2.06. The molecule has 0 heterocycles. The highest BCUT2D eigenvalue weighted by molar-refractivity contribution is 5.90. The van der Waals surface area contributed by atoms with Gasteiger partial charge in [-0.2, -0.15) is 0 Å². The lowest BCUT2D eigenvalue weighted by molar-refractivity contribution is -0.134. The second kappa shape index (κ2) is 5.69. The van der Waals surface area contributed by atoms with Crippen molar-refractivity contribution in [2.45, 2.75) is 0 Å². The molecule has 1 aromatic rings. The molecule has 5 heteroatoms. The van der Waals surface area contributed by atoms with Gasteiger partial charge in [-0.1, -0.05) is 0 Å². The van der Waals surface area contributed by atoms with Gasteiger partial charge in [-0.15, -0.1) is 0 Å². The monoisotopic (exact) mass is 236 g/mol. The molecule has 0 aliphatic rings. The molecule has 0 spiro atoms. The number of carbonyl (C=O) groups is 2. The number of methoxy groups -OCH3 is 2. The second-order valence-corrected chi connectivity index (χ2v) is 3.13. The molecule has 0 unspecified atom stereocenters. The molecule has 0 aliphatic heterocycles. The second-order valence-electron chi connectivity index (χ2n) is 3.13. The minimum absolute atomic E-state index is 0.134. The lowest BCUT2D eigenvalue weighted by Crippen LogP contribution is -1.95. The number of carbonyl (C=O) groups excluding carboxylic acids is 2. The molecular weight excluding hydrogens is 224 g/mol. The van der Waals surface area contributed by atoms with E-state index in [1.54, 1.807) is 0 Å². The summed E-state index contributed by atoms with van der Waals surface area (Å²) < 4.78 is 9.33. The largest absolute Gasteiger partial charge is 0.504 e. The van der Waals surface area contributed by atoms with Crippen molar-refractivity contribution in [2.75, 3.05) is 14.2 Å². The summed E-state index contributed by atoms with van der Waals surface area (Å²) in [4.78, 5) is 21.7. The van der Waals surface area contributed by atoms with E-state index in [-0.39, 0.29) is 17.1 Å². The van der Waals surface area contributed by atoms with Crippen LogP contribution in [0.4, 0.5) is 0 Å². The van der Waals surface area contributed by atoms with Gasteiger partial charge >= 0.3 is 5.97 Å². The van der Waals surface area contributed by atoms with E-state index in [0.29, 0.717) is 11.8 Å². The van der Waals surface area contributed by atoms with E-state index >= 15 is 0 Å². The topological polar surface area (TPSA) is 72.8 Å². The SMILES string of the molecule is COC(=O)C=Cc1cc(OC)c(O)cc1C=O. The molecule has 0 aliphatic carbocycles. The Morgan fingerprint density at radius 3 is 2.53 bits per heavy atom. The van der Waals surface area contributed by atoms with Gasteiger partial charge in [-0.05, 0) is 23.8 Å². The van der Waals surface area contributed by atoms with Gasteiger partial charge in [0.05, 0.1) is 14.2 Å². The summed E-state index contributed by atoms with van der Waals surface area (Å²) in [5, 5.41) is 9.47. The Bertz CT molecular complexity index is 462. The van der Waals surface area contributed by atoms with Gasteiger partial charge in [0, 0.05) is 11.6 Å². The minimum Gasteiger partial charge on any atom is -0.504 e. The van der Waals surface area contributed by atoms with Gasteiger partial charge in [-0.3, -0.25) is 4.79 Å². The smallest absolute Gasteiger partial charge is 0.330 e. The number of aldehydes is 1. The summed E-state index contributed by atoms with van der Waals surface area (Å²) in [6.45, 7) is 0. The standard InChI is InChI=1S/C12H12O5/c1-16-11-6-8(3-4-12(15)17-2)9(7-13)5-10(11)14/h3-7,14H,1-2H3. The number of esters is 1. The number of ether oxygens (including phenoxy) is 2. The van der Waals surface area contributed by atoms with E-state index in [4.69, 9.17) is 4.74 Å². The number of phenolic OH excluding ortho intramolecular Hbond substituents is 1. The number of phenols is 1. The van der Waals surface area contributed by atoms with E-state index in [2.05, 4.69) is 4.74 Å². The summed E-state index contributed by atoms with van der Waals surface area (Å²) in [6.07, 6.45) is 3.17. The maximum absolute atomic E-state index is 10.9. The van der Waals surface area contributed by atoms with Crippen LogP contribution in [0.2, 0.25) is 0 Å². The Morgan fingerprint density at radius 2 is 2.00 bits per heavy atom. The van der Waals surface area contributed by atoms with E-state index in [1.807, 2.05) is 0 Å². The maximum atomic E-state index is 10.9. The highest BCUT2D eigenvalue weighted by Gasteiger charge is 2.07. The van der Waals surface area contributed by atoms with Crippen molar-refractivity contribution in [3.63, 3.8) is 0 Å². The van der Waals surface area contributed by atoms with Crippen molar-refractivity contribution < 1.29 is 24.2 Å². The summed E-state index contributed by atoms with van der Waals surface area (Å²) in [7, 11) is 2.65. The molecule has 0 saturated carbocycles. The molecule has 1 N–H and O–H groups in total. The number of rotatable bonds is 4. The van der Waals surface area contributed by atoms with Crippen molar-refractivity contribution in [3.05, 3.63) is 29.3 Å². The number of hydrogen-bond donors (Lipinski definition) is 1. The zero-order valence-electron chi connectivity index (χ0n) is 9.47. The highest BCUT2D eigenvalue weighted by atomic mass is 16.5. The Hall–Kier alpha value is -2.30. The van der Waals surface area contributed by atoms with Crippen molar-refractivity contribution in [2.24, 2.45) is 0 Å². The zero-order chi connectivity index (χ0) is 12.8.